The maximum absolute atomic E-state index is 11.1. The number of nitrogens with two attached hydrogens (primary N) is 1. The highest BCUT2D eigenvalue weighted by molar-refractivity contribution is 5.82. The summed E-state index contributed by atoms with van der Waals surface area (Å²) in [5.41, 5.74) is 7.55. The maximum atomic E-state index is 11.1. The third-order valence-corrected chi connectivity index (χ3v) is 4.20. The van der Waals surface area contributed by atoms with Crippen molar-refractivity contribution < 1.29 is 14.3 Å². The molecule has 1 aromatic carbocycles. The molecule has 19 heavy (non-hydrogen) atoms. The SMILES string of the molecule is COc1c(C=O)ccc(C2(CN)CCCC2)c1OC. The molecule has 2 N–H and O–H groups in total. The molecule has 1 aliphatic carbocycles. The van der Waals surface area contributed by atoms with E-state index in [-0.39, 0.29) is 5.41 Å². The quantitative estimate of drug-likeness (QED) is 0.828. The highest BCUT2D eigenvalue weighted by Crippen LogP contribution is 2.47. The van der Waals surface area contributed by atoms with E-state index in [0.717, 1.165) is 24.7 Å². The van der Waals surface area contributed by atoms with Gasteiger partial charge in [0.25, 0.3) is 0 Å². The molecule has 0 spiro atoms. The molecule has 104 valence electrons. The van der Waals surface area contributed by atoms with E-state index in [1.54, 1.807) is 20.3 Å². The van der Waals surface area contributed by atoms with Gasteiger partial charge in [-0.05, 0) is 18.9 Å². The van der Waals surface area contributed by atoms with Crippen molar-refractivity contribution in [2.75, 3.05) is 20.8 Å². The molecule has 1 aliphatic rings. The Bertz CT molecular complexity index is 465. The van der Waals surface area contributed by atoms with Gasteiger partial charge in [-0.2, -0.15) is 0 Å². The summed E-state index contributed by atoms with van der Waals surface area (Å²) in [6.45, 7) is 0.590. The summed E-state index contributed by atoms with van der Waals surface area (Å²) < 4.78 is 10.9. The van der Waals surface area contributed by atoms with Crippen molar-refractivity contribution in [3.63, 3.8) is 0 Å². The Hall–Kier alpha value is -1.55. The molecule has 0 heterocycles. The van der Waals surface area contributed by atoms with E-state index in [1.165, 1.54) is 12.8 Å². The van der Waals surface area contributed by atoms with Crippen LogP contribution < -0.4 is 15.2 Å². The number of benzene rings is 1. The van der Waals surface area contributed by atoms with Crippen LogP contribution in [-0.4, -0.2) is 27.1 Å². The smallest absolute Gasteiger partial charge is 0.171 e. The lowest BCUT2D eigenvalue weighted by molar-refractivity contribution is 0.112. The first-order valence-electron chi connectivity index (χ1n) is 6.63. The van der Waals surface area contributed by atoms with Gasteiger partial charge in [0.15, 0.2) is 17.8 Å². The average molecular weight is 263 g/mol. The highest BCUT2D eigenvalue weighted by atomic mass is 16.5. The molecule has 0 unspecified atom stereocenters. The van der Waals surface area contributed by atoms with Crippen LogP contribution >= 0.6 is 0 Å². The number of carbonyl (C=O) groups excluding carboxylic acids is 1. The van der Waals surface area contributed by atoms with Crippen LogP contribution in [0, 0.1) is 0 Å². The second-order valence-corrected chi connectivity index (χ2v) is 5.08. The van der Waals surface area contributed by atoms with Crippen molar-refractivity contribution in [3.8, 4) is 11.5 Å². The number of hydrogen-bond acceptors (Lipinski definition) is 4. The van der Waals surface area contributed by atoms with E-state index in [2.05, 4.69) is 0 Å². The highest BCUT2D eigenvalue weighted by Gasteiger charge is 2.37. The standard InChI is InChI=1S/C15H21NO3/c1-18-13-11(9-17)5-6-12(14(13)19-2)15(10-16)7-3-4-8-15/h5-6,9H,3-4,7-8,10,16H2,1-2H3. The average Bonchev–Trinajstić information content (AvgIpc) is 2.95. The van der Waals surface area contributed by atoms with Gasteiger partial charge in [-0.1, -0.05) is 18.9 Å². The molecule has 0 amide bonds. The summed E-state index contributed by atoms with van der Waals surface area (Å²) in [6, 6.07) is 3.75. The van der Waals surface area contributed by atoms with Gasteiger partial charge in [-0.15, -0.1) is 0 Å². The molecule has 0 aromatic heterocycles. The molecule has 4 heteroatoms. The summed E-state index contributed by atoms with van der Waals surface area (Å²) in [7, 11) is 3.16. The van der Waals surface area contributed by atoms with E-state index < -0.39 is 0 Å². The fraction of sp³-hybridized carbons (Fsp3) is 0.533. The summed E-state index contributed by atoms with van der Waals surface area (Å²) >= 11 is 0. The number of carbonyl (C=O) groups is 1. The summed E-state index contributed by atoms with van der Waals surface area (Å²) in [4.78, 5) is 11.1. The van der Waals surface area contributed by atoms with Crippen LogP contribution in [0.3, 0.4) is 0 Å². The first kappa shape index (κ1) is 13.9. The van der Waals surface area contributed by atoms with Gasteiger partial charge in [-0.3, -0.25) is 4.79 Å². The summed E-state index contributed by atoms with van der Waals surface area (Å²) in [5, 5.41) is 0. The minimum atomic E-state index is -0.0416. The molecule has 1 fully saturated rings. The van der Waals surface area contributed by atoms with E-state index >= 15 is 0 Å². The maximum Gasteiger partial charge on any atom is 0.171 e. The molecule has 1 saturated carbocycles. The Kier molecular flexibility index (Phi) is 4.10. The molecule has 0 radical (unpaired) electrons. The van der Waals surface area contributed by atoms with Crippen LogP contribution in [0.15, 0.2) is 12.1 Å². The lowest BCUT2D eigenvalue weighted by atomic mass is 9.78. The number of methoxy groups -OCH3 is 2. The van der Waals surface area contributed by atoms with Crippen LogP contribution in [0.25, 0.3) is 0 Å². The van der Waals surface area contributed by atoms with Crippen molar-refractivity contribution in [2.24, 2.45) is 5.73 Å². The predicted molar refractivity (Wildman–Crippen MR) is 74.1 cm³/mol. The molecule has 0 bridgehead atoms. The zero-order chi connectivity index (χ0) is 13.9. The first-order chi connectivity index (χ1) is 9.22. The van der Waals surface area contributed by atoms with Gasteiger partial charge in [-0.25, -0.2) is 0 Å². The van der Waals surface area contributed by atoms with Gasteiger partial charge in [0.1, 0.15) is 0 Å². The molecule has 0 atom stereocenters. The van der Waals surface area contributed by atoms with E-state index in [1.807, 2.05) is 6.07 Å². The van der Waals surface area contributed by atoms with E-state index in [0.29, 0.717) is 23.6 Å². The minimum Gasteiger partial charge on any atom is -0.493 e. The van der Waals surface area contributed by atoms with Crippen LogP contribution in [0.2, 0.25) is 0 Å². The van der Waals surface area contributed by atoms with Crippen LogP contribution in [0.4, 0.5) is 0 Å². The van der Waals surface area contributed by atoms with Gasteiger partial charge >= 0.3 is 0 Å². The molecule has 1 aromatic rings. The van der Waals surface area contributed by atoms with E-state index in [4.69, 9.17) is 15.2 Å². The van der Waals surface area contributed by atoms with Crippen molar-refractivity contribution >= 4 is 6.29 Å². The normalized spacial score (nSPS) is 17.2. The van der Waals surface area contributed by atoms with Crippen molar-refractivity contribution in [1.29, 1.82) is 0 Å². The number of hydrogen-bond donors (Lipinski definition) is 1. The van der Waals surface area contributed by atoms with Gasteiger partial charge < -0.3 is 15.2 Å². The molecular weight excluding hydrogens is 242 g/mol. The van der Waals surface area contributed by atoms with Gasteiger partial charge in [0.05, 0.1) is 19.8 Å². The zero-order valence-electron chi connectivity index (χ0n) is 11.6. The largest absolute Gasteiger partial charge is 0.493 e. The molecule has 0 saturated heterocycles. The predicted octanol–water partition coefficient (Wildman–Crippen LogP) is 2.29. The molecular formula is C15H21NO3. The van der Waals surface area contributed by atoms with E-state index in [9.17, 15) is 4.79 Å². The first-order valence-corrected chi connectivity index (χ1v) is 6.63. The van der Waals surface area contributed by atoms with Crippen LogP contribution in [-0.2, 0) is 5.41 Å². The molecule has 0 aliphatic heterocycles. The van der Waals surface area contributed by atoms with Crippen molar-refractivity contribution in [1.82, 2.24) is 0 Å². The van der Waals surface area contributed by atoms with Crippen LogP contribution in [0.5, 0.6) is 11.5 Å². The van der Waals surface area contributed by atoms with Gasteiger partial charge in [0.2, 0.25) is 0 Å². The Morgan fingerprint density at radius 3 is 2.32 bits per heavy atom. The van der Waals surface area contributed by atoms with Crippen molar-refractivity contribution in [2.45, 2.75) is 31.1 Å². The zero-order valence-corrected chi connectivity index (χ0v) is 11.6. The number of aldehydes is 1. The fourth-order valence-corrected chi connectivity index (χ4v) is 3.14. The summed E-state index contributed by atoms with van der Waals surface area (Å²) in [6.07, 6.45) is 5.26. The molecule has 2 rings (SSSR count). The lowest BCUT2D eigenvalue weighted by Crippen LogP contribution is -2.32. The Balaban J connectivity index is 2.60. The van der Waals surface area contributed by atoms with Crippen molar-refractivity contribution in [3.05, 3.63) is 23.3 Å². The minimum absolute atomic E-state index is 0.0416. The fourth-order valence-electron chi connectivity index (χ4n) is 3.14. The number of ether oxygens (including phenoxy) is 2. The van der Waals surface area contributed by atoms with Gasteiger partial charge in [0, 0.05) is 17.5 Å². The Labute approximate surface area is 113 Å². The Morgan fingerprint density at radius 1 is 1.21 bits per heavy atom. The lowest BCUT2D eigenvalue weighted by Gasteiger charge is -2.30. The Morgan fingerprint density at radius 2 is 1.84 bits per heavy atom. The monoisotopic (exact) mass is 263 g/mol. The van der Waals surface area contributed by atoms with Crippen LogP contribution in [0.1, 0.15) is 41.6 Å². The third kappa shape index (κ3) is 2.21. The summed E-state index contributed by atoms with van der Waals surface area (Å²) in [5.74, 6) is 1.16. The number of rotatable bonds is 5. The second kappa shape index (κ2) is 5.61. The third-order valence-electron chi connectivity index (χ3n) is 4.20. The molecule has 4 nitrogen and oxygen atoms in total. The topological polar surface area (TPSA) is 61.5 Å². The second-order valence-electron chi connectivity index (χ2n) is 5.08.